The number of nitrogens with one attached hydrogen (secondary N) is 1. The predicted octanol–water partition coefficient (Wildman–Crippen LogP) is 3.60. The topological polar surface area (TPSA) is 120 Å². The van der Waals surface area contributed by atoms with Crippen molar-refractivity contribution < 1.29 is 19.0 Å². The Morgan fingerprint density at radius 2 is 1.57 bits per heavy atom. The molecule has 0 aliphatic carbocycles. The fourth-order valence-electron chi connectivity index (χ4n) is 5.43. The Labute approximate surface area is 230 Å². The van der Waals surface area contributed by atoms with E-state index in [9.17, 15) is 5.11 Å². The molecule has 5 aromatic rings. The quantitative estimate of drug-likeness (QED) is 0.256. The minimum Gasteiger partial charge on any atom is -0.497 e. The van der Waals surface area contributed by atoms with E-state index < -0.39 is 30.1 Å². The predicted molar refractivity (Wildman–Crippen MR) is 148 cm³/mol. The molecule has 0 spiro atoms. The third-order valence-corrected chi connectivity index (χ3v) is 7.46. The number of ether oxygens (including phenoxy) is 2. The van der Waals surface area contributed by atoms with E-state index in [0.717, 1.165) is 22.4 Å². The van der Waals surface area contributed by atoms with Gasteiger partial charge in [0.05, 0.1) is 19.0 Å². The molecule has 0 bridgehead atoms. The van der Waals surface area contributed by atoms with E-state index in [1.165, 1.54) is 17.2 Å². The number of nitrogens with zero attached hydrogens (tertiary/aromatic N) is 4. The van der Waals surface area contributed by atoms with Gasteiger partial charge in [-0.25, -0.2) is 19.3 Å². The van der Waals surface area contributed by atoms with E-state index in [1.54, 1.807) is 7.11 Å². The second-order valence-corrected chi connectivity index (χ2v) is 9.67. The summed E-state index contributed by atoms with van der Waals surface area (Å²) >= 11 is 0. The number of nitrogens with two attached hydrogens (primary N) is 1. The van der Waals surface area contributed by atoms with Gasteiger partial charge in [-0.05, 0) is 28.8 Å². The molecule has 1 fully saturated rings. The summed E-state index contributed by atoms with van der Waals surface area (Å²) in [5, 5.41) is 14.6. The first-order valence-electron chi connectivity index (χ1n) is 12.9. The van der Waals surface area contributed by atoms with Gasteiger partial charge in [-0.3, -0.25) is 9.88 Å². The maximum atomic E-state index is 15.6. The van der Waals surface area contributed by atoms with Crippen molar-refractivity contribution in [3.05, 3.63) is 114 Å². The molecule has 1 aliphatic rings. The molecule has 0 amide bonds. The average Bonchev–Trinajstić information content (AvgIpc) is 3.56. The Morgan fingerprint density at radius 1 is 0.950 bits per heavy atom. The van der Waals surface area contributed by atoms with Crippen molar-refractivity contribution in [2.24, 2.45) is 0 Å². The number of methoxy groups -OCH3 is 1. The number of hydrogen-bond acceptors (Lipinski definition) is 8. The second-order valence-electron chi connectivity index (χ2n) is 9.67. The Bertz CT molecular complexity index is 1540. The lowest BCUT2D eigenvalue weighted by Crippen LogP contribution is -2.49. The van der Waals surface area contributed by atoms with E-state index in [2.05, 4.69) is 20.3 Å². The van der Waals surface area contributed by atoms with Crippen molar-refractivity contribution in [2.45, 2.75) is 30.1 Å². The smallest absolute Gasteiger partial charge is 0.173 e. The van der Waals surface area contributed by atoms with E-state index in [4.69, 9.17) is 15.2 Å². The second kappa shape index (κ2) is 10.6. The SMILES string of the molecule is COc1ccc(C(NC[C@H]2O[C@@H](n3cnc4c(N)ncnc43)[C@H](F)[C@@H]2O)(c2ccccc2)c2ccccc2)cc1. The lowest BCUT2D eigenvalue weighted by atomic mass is 9.77. The number of alkyl halides is 1. The molecule has 4 atom stereocenters. The summed E-state index contributed by atoms with van der Waals surface area (Å²) in [6, 6.07) is 27.8. The molecule has 2 aromatic heterocycles. The molecule has 4 N–H and O–H groups in total. The van der Waals surface area contributed by atoms with E-state index in [0.29, 0.717) is 11.2 Å². The molecular weight excluding hydrogens is 511 g/mol. The molecule has 0 saturated carbocycles. The largest absolute Gasteiger partial charge is 0.497 e. The molecule has 0 radical (unpaired) electrons. The first-order chi connectivity index (χ1) is 19.5. The molecule has 1 aliphatic heterocycles. The van der Waals surface area contributed by atoms with Gasteiger partial charge in [0.2, 0.25) is 0 Å². The number of imidazole rings is 1. The fraction of sp³-hybridized carbons (Fsp3) is 0.233. The maximum Gasteiger partial charge on any atom is 0.173 e. The third-order valence-electron chi connectivity index (χ3n) is 7.46. The molecule has 3 heterocycles. The van der Waals surface area contributed by atoms with Crippen LogP contribution in [0, 0.1) is 0 Å². The van der Waals surface area contributed by atoms with Crippen LogP contribution in [-0.2, 0) is 10.3 Å². The van der Waals surface area contributed by atoms with Crippen LogP contribution in [0.5, 0.6) is 5.75 Å². The van der Waals surface area contributed by atoms with Crippen molar-refractivity contribution in [3.63, 3.8) is 0 Å². The zero-order valence-corrected chi connectivity index (χ0v) is 21.8. The highest BCUT2D eigenvalue weighted by Crippen LogP contribution is 2.39. The van der Waals surface area contributed by atoms with Crippen LogP contribution >= 0.6 is 0 Å². The number of aromatic nitrogens is 4. The van der Waals surface area contributed by atoms with E-state index in [-0.39, 0.29) is 12.4 Å². The van der Waals surface area contributed by atoms with Crippen molar-refractivity contribution in [1.29, 1.82) is 0 Å². The highest BCUT2D eigenvalue weighted by Gasteiger charge is 2.47. The summed E-state index contributed by atoms with van der Waals surface area (Å²) in [4.78, 5) is 12.4. The third kappa shape index (κ3) is 4.36. The van der Waals surface area contributed by atoms with Crippen LogP contribution in [0.3, 0.4) is 0 Å². The van der Waals surface area contributed by atoms with Crippen molar-refractivity contribution in [2.75, 3.05) is 19.4 Å². The van der Waals surface area contributed by atoms with Gasteiger partial charge in [-0.1, -0.05) is 72.8 Å². The number of hydrogen-bond donors (Lipinski definition) is 3. The summed E-state index contributed by atoms with van der Waals surface area (Å²) in [5.74, 6) is 0.916. The number of aliphatic hydroxyl groups excluding tert-OH is 1. The van der Waals surface area contributed by atoms with Crippen LogP contribution < -0.4 is 15.8 Å². The zero-order valence-electron chi connectivity index (χ0n) is 21.8. The number of halogens is 1. The van der Waals surface area contributed by atoms with Gasteiger partial charge in [0, 0.05) is 6.54 Å². The van der Waals surface area contributed by atoms with Crippen LogP contribution in [0.25, 0.3) is 11.2 Å². The number of nitrogen functional groups attached to an aromatic ring is 1. The zero-order chi connectivity index (χ0) is 27.7. The van der Waals surface area contributed by atoms with Crippen LogP contribution in [0.4, 0.5) is 10.2 Å². The number of anilines is 1. The van der Waals surface area contributed by atoms with Gasteiger partial charge >= 0.3 is 0 Å². The number of aliphatic hydroxyl groups is 1. The fourth-order valence-corrected chi connectivity index (χ4v) is 5.43. The Morgan fingerprint density at radius 3 is 2.20 bits per heavy atom. The van der Waals surface area contributed by atoms with Gasteiger partial charge in [-0.2, -0.15) is 0 Å². The van der Waals surface area contributed by atoms with Crippen LogP contribution in [0.2, 0.25) is 0 Å². The lowest BCUT2D eigenvalue weighted by molar-refractivity contribution is -0.0233. The highest BCUT2D eigenvalue weighted by molar-refractivity contribution is 5.81. The molecule has 1 saturated heterocycles. The molecule has 10 heteroatoms. The van der Waals surface area contributed by atoms with Gasteiger partial charge in [0.25, 0.3) is 0 Å². The average molecular weight is 541 g/mol. The van der Waals surface area contributed by atoms with Gasteiger partial charge in [0.1, 0.15) is 29.8 Å². The molecule has 6 rings (SSSR count). The standard InChI is InChI=1S/C30H29FN6O3/c1-39-22-14-12-21(13-15-22)30(19-8-4-2-5-9-19,20-10-6-3-7-11-20)36-16-23-26(38)24(31)29(40-23)37-18-35-25-27(32)33-17-34-28(25)37/h2-15,17-18,23-24,26,29,36,38H,16H2,1H3,(H2,32,33,34)/t23-,24-,26-,29-/m1/s1. The molecule has 3 aromatic carbocycles. The summed E-state index contributed by atoms with van der Waals surface area (Å²) in [5.41, 5.74) is 8.64. The molecule has 9 nitrogen and oxygen atoms in total. The number of fused-ring (bicyclic) bond motifs is 1. The summed E-state index contributed by atoms with van der Waals surface area (Å²) in [7, 11) is 1.63. The summed E-state index contributed by atoms with van der Waals surface area (Å²) in [6.07, 6.45) is -2.42. The maximum absolute atomic E-state index is 15.6. The van der Waals surface area contributed by atoms with E-state index >= 15 is 4.39 Å². The van der Waals surface area contributed by atoms with Crippen molar-refractivity contribution in [3.8, 4) is 5.75 Å². The van der Waals surface area contributed by atoms with Gasteiger partial charge in [0.15, 0.2) is 23.9 Å². The summed E-state index contributed by atoms with van der Waals surface area (Å²) < 4.78 is 28.5. The number of benzene rings is 3. The molecule has 40 heavy (non-hydrogen) atoms. The Hall–Kier alpha value is -4.38. The first kappa shape index (κ1) is 25.9. The lowest BCUT2D eigenvalue weighted by Gasteiger charge is -2.38. The molecular formula is C30H29FN6O3. The van der Waals surface area contributed by atoms with E-state index in [1.807, 2.05) is 84.9 Å². The normalized spacial score (nSPS) is 21.1. The Kier molecular flexibility index (Phi) is 6.89. The van der Waals surface area contributed by atoms with Crippen molar-refractivity contribution >= 4 is 17.0 Å². The van der Waals surface area contributed by atoms with Crippen LogP contribution in [0.15, 0.2) is 97.6 Å². The van der Waals surface area contributed by atoms with Crippen LogP contribution in [0.1, 0.15) is 22.9 Å². The Balaban J connectivity index is 1.37. The minimum atomic E-state index is -1.72. The monoisotopic (exact) mass is 540 g/mol. The number of rotatable bonds is 8. The van der Waals surface area contributed by atoms with Crippen LogP contribution in [-0.4, -0.2) is 56.7 Å². The highest BCUT2D eigenvalue weighted by atomic mass is 19.1. The van der Waals surface area contributed by atoms with Gasteiger partial charge < -0.3 is 20.3 Å². The summed E-state index contributed by atoms with van der Waals surface area (Å²) in [6.45, 7) is 0.137. The molecule has 0 unspecified atom stereocenters. The minimum absolute atomic E-state index is 0.137. The first-order valence-corrected chi connectivity index (χ1v) is 12.9. The van der Waals surface area contributed by atoms with Crippen molar-refractivity contribution in [1.82, 2.24) is 24.8 Å². The van der Waals surface area contributed by atoms with Gasteiger partial charge in [-0.15, -0.1) is 0 Å². The molecule has 204 valence electrons.